The lowest BCUT2D eigenvalue weighted by Gasteiger charge is -2.11. The summed E-state index contributed by atoms with van der Waals surface area (Å²) in [5.41, 5.74) is 1.54. The summed E-state index contributed by atoms with van der Waals surface area (Å²) in [7, 11) is 1.61. The van der Waals surface area contributed by atoms with Gasteiger partial charge >= 0.3 is 6.18 Å². The number of alkyl halides is 3. The van der Waals surface area contributed by atoms with E-state index < -0.39 is 11.7 Å². The summed E-state index contributed by atoms with van der Waals surface area (Å²) in [4.78, 5) is 8.65. The molecule has 0 aliphatic rings. The van der Waals surface area contributed by atoms with Gasteiger partial charge in [0.1, 0.15) is 11.6 Å². The number of aromatic nitrogens is 2. The number of hydrogen-bond acceptors (Lipinski definition) is 5. The molecule has 0 radical (unpaired) electrons. The van der Waals surface area contributed by atoms with Crippen LogP contribution in [0.5, 0.6) is 5.75 Å². The van der Waals surface area contributed by atoms with Crippen LogP contribution < -0.4 is 15.4 Å². The monoisotopic (exact) mass is 388 g/mol. The van der Waals surface area contributed by atoms with Crippen LogP contribution in [0.3, 0.4) is 0 Å². The number of nitrogens with zero attached hydrogens (tertiary/aromatic N) is 2. The van der Waals surface area contributed by atoms with Crippen molar-refractivity contribution in [2.24, 2.45) is 0 Å². The number of anilines is 3. The third-order valence-corrected chi connectivity index (χ3v) is 3.96. The van der Waals surface area contributed by atoms with Crippen LogP contribution in [-0.4, -0.2) is 17.1 Å². The predicted molar refractivity (Wildman–Crippen MR) is 102 cm³/mol. The zero-order valence-corrected chi connectivity index (χ0v) is 15.3. The Morgan fingerprint density at radius 1 is 0.964 bits per heavy atom. The zero-order chi connectivity index (χ0) is 20.1. The third-order valence-electron chi connectivity index (χ3n) is 3.96. The van der Waals surface area contributed by atoms with Crippen LogP contribution in [0.15, 0.2) is 54.6 Å². The second-order valence-corrected chi connectivity index (χ2v) is 6.12. The highest BCUT2D eigenvalue weighted by atomic mass is 19.4. The van der Waals surface area contributed by atoms with E-state index in [-0.39, 0.29) is 0 Å². The molecule has 1 aromatic heterocycles. The third kappa shape index (κ3) is 5.12. The fourth-order valence-corrected chi connectivity index (χ4v) is 2.52. The first-order valence-electron chi connectivity index (χ1n) is 8.50. The highest BCUT2D eigenvalue weighted by Crippen LogP contribution is 2.30. The Labute approximate surface area is 160 Å². The standard InChI is InChI=1S/C20H19F3N4O/c1-13-11-18(24-12-14-3-9-17(28-2)10-4-14)27-19(25-13)26-16-7-5-15(6-8-16)20(21,22)23/h3-11H,12H2,1-2H3,(H2,24,25,26,27). The van der Waals surface area contributed by atoms with Gasteiger partial charge in [0.05, 0.1) is 12.7 Å². The molecule has 2 aromatic carbocycles. The lowest BCUT2D eigenvalue weighted by molar-refractivity contribution is -0.137. The summed E-state index contributed by atoms with van der Waals surface area (Å²) in [5.74, 6) is 1.69. The molecule has 146 valence electrons. The lowest BCUT2D eigenvalue weighted by Crippen LogP contribution is -2.06. The Kier molecular flexibility index (Phi) is 5.67. The Morgan fingerprint density at radius 3 is 2.25 bits per heavy atom. The van der Waals surface area contributed by atoms with Gasteiger partial charge in [-0.15, -0.1) is 0 Å². The Balaban J connectivity index is 1.68. The highest BCUT2D eigenvalue weighted by molar-refractivity contribution is 5.56. The summed E-state index contributed by atoms with van der Waals surface area (Å²) in [6.07, 6.45) is -4.36. The molecule has 0 spiro atoms. The van der Waals surface area contributed by atoms with Crippen LogP contribution >= 0.6 is 0 Å². The van der Waals surface area contributed by atoms with Crippen LogP contribution in [-0.2, 0) is 12.7 Å². The molecule has 0 aliphatic carbocycles. The average Bonchev–Trinajstić information content (AvgIpc) is 2.66. The first-order valence-corrected chi connectivity index (χ1v) is 8.50. The lowest BCUT2D eigenvalue weighted by atomic mass is 10.2. The van der Waals surface area contributed by atoms with E-state index in [9.17, 15) is 13.2 Å². The van der Waals surface area contributed by atoms with Crippen molar-refractivity contribution in [3.05, 3.63) is 71.4 Å². The Hall–Kier alpha value is -3.29. The quantitative estimate of drug-likeness (QED) is 0.610. The van der Waals surface area contributed by atoms with Gasteiger partial charge in [-0.25, -0.2) is 4.98 Å². The summed E-state index contributed by atoms with van der Waals surface area (Å²) in [6, 6.07) is 14.2. The molecular weight excluding hydrogens is 369 g/mol. The maximum atomic E-state index is 12.7. The summed E-state index contributed by atoms with van der Waals surface area (Å²) in [5, 5.41) is 6.14. The molecule has 2 N–H and O–H groups in total. The van der Waals surface area contributed by atoms with Crippen molar-refractivity contribution in [3.8, 4) is 5.75 Å². The average molecular weight is 388 g/mol. The molecular formula is C20H19F3N4O. The molecule has 3 rings (SSSR count). The van der Waals surface area contributed by atoms with E-state index in [1.165, 1.54) is 12.1 Å². The van der Waals surface area contributed by atoms with Crippen molar-refractivity contribution in [2.45, 2.75) is 19.6 Å². The number of methoxy groups -OCH3 is 1. The summed E-state index contributed by atoms with van der Waals surface area (Å²) < 4.78 is 43.1. The molecule has 28 heavy (non-hydrogen) atoms. The molecule has 0 aliphatic heterocycles. The number of rotatable bonds is 6. The normalized spacial score (nSPS) is 11.2. The largest absolute Gasteiger partial charge is 0.497 e. The smallest absolute Gasteiger partial charge is 0.416 e. The molecule has 8 heteroatoms. The fourth-order valence-electron chi connectivity index (χ4n) is 2.52. The molecule has 0 atom stereocenters. The van der Waals surface area contributed by atoms with Crippen molar-refractivity contribution in [1.29, 1.82) is 0 Å². The number of ether oxygens (including phenoxy) is 1. The second kappa shape index (κ2) is 8.16. The van der Waals surface area contributed by atoms with E-state index in [4.69, 9.17) is 4.74 Å². The van der Waals surface area contributed by atoms with E-state index in [2.05, 4.69) is 20.6 Å². The van der Waals surface area contributed by atoms with Gasteiger partial charge in [0.15, 0.2) is 0 Å². The van der Waals surface area contributed by atoms with Gasteiger partial charge in [-0.3, -0.25) is 0 Å². The van der Waals surface area contributed by atoms with E-state index >= 15 is 0 Å². The highest BCUT2D eigenvalue weighted by Gasteiger charge is 2.29. The topological polar surface area (TPSA) is 59.1 Å². The minimum atomic E-state index is -4.36. The number of aryl methyl sites for hydroxylation is 1. The minimum absolute atomic E-state index is 0.303. The first-order chi connectivity index (χ1) is 13.3. The van der Waals surface area contributed by atoms with Crippen LogP contribution in [0.25, 0.3) is 0 Å². The summed E-state index contributed by atoms with van der Waals surface area (Å²) in [6.45, 7) is 2.37. The number of nitrogens with one attached hydrogen (secondary N) is 2. The molecule has 0 saturated carbocycles. The molecule has 0 saturated heterocycles. The molecule has 5 nitrogen and oxygen atoms in total. The van der Waals surface area contributed by atoms with Crippen molar-refractivity contribution in [1.82, 2.24) is 9.97 Å². The van der Waals surface area contributed by atoms with Gasteiger partial charge < -0.3 is 15.4 Å². The molecule has 1 heterocycles. The molecule has 0 unspecified atom stereocenters. The van der Waals surface area contributed by atoms with Gasteiger partial charge in [-0.2, -0.15) is 18.2 Å². The maximum absolute atomic E-state index is 12.7. The molecule has 0 fully saturated rings. The SMILES string of the molecule is COc1ccc(CNc2cc(C)nc(Nc3ccc(C(F)(F)F)cc3)n2)cc1. The number of benzene rings is 2. The minimum Gasteiger partial charge on any atom is -0.497 e. The second-order valence-electron chi connectivity index (χ2n) is 6.12. The van der Waals surface area contributed by atoms with Crippen LogP contribution in [0.4, 0.5) is 30.6 Å². The molecule has 0 bridgehead atoms. The van der Waals surface area contributed by atoms with E-state index in [0.717, 1.165) is 29.1 Å². The summed E-state index contributed by atoms with van der Waals surface area (Å²) >= 11 is 0. The van der Waals surface area contributed by atoms with Gasteiger partial charge in [0, 0.05) is 24.0 Å². The van der Waals surface area contributed by atoms with Crippen molar-refractivity contribution < 1.29 is 17.9 Å². The maximum Gasteiger partial charge on any atom is 0.416 e. The van der Waals surface area contributed by atoms with Gasteiger partial charge in [0.2, 0.25) is 5.95 Å². The van der Waals surface area contributed by atoms with Crippen LogP contribution in [0, 0.1) is 6.92 Å². The fraction of sp³-hybridized carbons (Fsp3) is 0.200. The van der Waals surface area contributed by atoms with Gasteiger partial charge in [0.25, 0.3) is 0 Å². The van der Waals surface area contributed by atoms with E-state index in [1.54, 1.807) is 13.2 Å². The molecule has 0 amide bonds. The van der Waals surface area contributed by atoms with Crippen LogP contribution in [0.2, 0.25) is 0 Å². The van der Waals surface area contributed by atoms with Crippen molar-refractivity contribution in [3.63, 3.8) is 0 Å². The Morgan fingerprint density at radius 2 is 1.64 bits per heavy atom. The first kappa shape index (κ1) is 19.5. The molecule has 3 aromatic rings. The predicted octanol–water partition coefficient (Wildman–Crippen LogP) is 5.17. The number of halogens is 3. The van der Waals surface area contributed by atoms with Crippen molar-refractivity contribution in [2.75, 3.05) is 17.7 Å². The van der Waals surface area contributed by atoms with Crippen molar-refractivity contribution >= 4 is 17.5 Å². The Bertz CT molecular complexity index is 926. The number of hydrogen-bond donors (Lipinski definition) is 2. The van der Waals surface area contributed by atoms with E-state index in [0.29, 0.717) is 24.0 Å². The van der Waals surface area contributed by atoms with Gasteiger partial charge in [-0.05, 0) is 48.9 Å². The van der Waals surface area contributed by atoms with E-state index in [1.807, 2.05) is 31.2 Å². The zero-order valence-electron chi connectivity index (χ0n) is 15.3. The van der Waals surface area contributed by atoms with Gasteiger partial charge in [-0.1, -0.05) is 12.1 Å². The van der Waals surface area contributed by atoms with Crippen LogP contribution in [0.1, 0.15) is 16.8 Å².